The molecular weight excluding hydrogens is 429 g/mol. The standard InChI is InChI=1S/C23H21F3O4S/c1-13-10-18(8-9-19(13)29-12-21(27)28)30-15(3)22-14(2)11-20(31-22)16-4-6-17(7-5-16)23(24,25)26/h4-11,15H,12H2,1-3H3,(H,27,28). The molecule has 2 aromatic carbocycles. The first-order valence-corrected chi connectivity index (χ1v) is 10.3. The van der Waals surface area contributed by atoms with E-state index in [-0.39, 0.29) is 6.10 Å². The number of thiophene rings is 1. The van der Waals surface area contributed by atoms with Gasteiger partial charge in [-0.3, -0.25) is 0 Å². The maximum absolute atomic E-state index is 12.8. The average Bonchev–Trinajstić information content (AvgIpc) is 3.08. The molecule has 0 fully saturated rings. The number of carboxylic acid groups (broad SMARTS) is 1. The molecule has 1 unspecified atom stereocenters. The van der Waals surface area contributed by atoms with Crippen molar-refractivity contribution in [2.75, 3.05) is 6.61 Å². The molecular formula is C23H21F3O4S. The number of carboxylic acids is 1. The van der Waals surface area contributed by atoms with E-state index in [1.165, 1.54) is 23.5 Å². The second kappa shape index (κ2) is 9.01. The van der Waals surface area contributed by atoms with E-state index in [1.54, 1.807) is 25.1 Å². The third-order valence-electron chi connectivity index (χ3n) is 4.63. The summed E-state index contributed by atoms with van der Waals surface area (Å²) in [5, 5.41) is 8.73. The lowest BCUT2D eigenvalue weighted by atomic mass is 10.1. The molecule has 3 aromatic rings. The lowest BCUT2D eigenvalue weighted by molar-refractivity contribution is -0.139. The van der Waals surface area contributed by atoms with Crippen molar-refractivity contribution in [2.45, 2.75) is 33.1 Å². The van der Waals surface area contributed by atoms with Gasteiger partial charge in [-0.25, -0.2) is 4.79 Å². The Morgan fingerprint density at radius 1 is 1.06 bits per heavy atom. The Balaban J connectivity index is 1.74. The fourth-order valence-electron chi connectivity index (χ4n) is 3.12. The van der Waals surface area contributed by atoms with Crippen molar-refractivity contribution < 1.29 is 32.5 Å². The quantitative estimate of drug-likeness (QED) is 0.438. The normalized spacial score (nSPS) is 12.5. The highest BCUT2D eigenvalue weighted by molar-refractivity contribution is 7.15. The fourth-order valence-corrected chi connectivity index (χ4v) is 4.28. The van der Waals surface area contributed by atoms with Crippen LogP contribution in [0.3, 0.4) is 0 Å². The van der Waals surface area contributed by atoms with Gasteiger partial charge in [-0.15, -0.1) is 11.3 Å². The minimum absolute atomic E-state index is 0.279. The molecule has 0 spiro atoms. The molecule has 0 saturated heterocycles. The number of rotatable bonds is 7. The zero-order valence-corrected chi connectivity index (χ0v) is 17.9. The van der Waals surface area contributed by atoms with Crippen molar-refractivity contribution >= 4 is 17.3 Å². The van der Waals surface area contributed by atoms with Crippen LogP contribution >= 0.6 is 11.3 Å². The molecule has 0 saturated carbocycles. The lowest BCUT2D eigenvalue weighted by Gasteiger charge is -2.16. The molecule has 31 heavy (non-hydrogen) atoms. The molecule has 0 radical (unpaired) electrons. The van der Waals surface area contributed by atoms with Crippen LogP contribution in [0.15, 0.2) is 48.5 Å². The van der Waals surface area contributed by atoms with E-state index in [9.17, 15) is 18.0 Å². The fraction of sp³-hybridized carbons (Fsp3) is 0.261. The van der Waals surface area contributed by atoms with Crippen LogP contribution in [-0.4, -0.2) is 17.7 Å². The molecule has 0 aliphatic carbocycles. The van der Waals surface area contributed by atoms with Gasteiger partial charge in [0.2, 0.25) is 0 Å². The number of benzene rings is 2. The van der Waals surface area contributed by atoms with Crippen LogP contribution in [0.1, 0.15) is 34.6 Å². The molecule has 164 valence electrons. The van der Waals surface area contributed by atoms with Crippen LogP contribution in [-0.2, 0) is 11.0 Å². The predicted octanol–water partition coefficient (Wildman–Crippen LogP) is 6.65. The number of aliphatic carboxylic acids is 1. The van der Waals surface area contributed by atoms with Crippen LogP contribution in [0.5, 0.6) is 11.5 Å². The largest absolute Gasteiger partial charge is 0.485 e. The van der Waals surface area contributed by atoms with Crippen LogP contribution < -0.4 is 9.47 Å². The molecule has 0 bridgehead atoms. The second-order valence-electron chi connectivity index (χ2n) is 7.10. The van der Waals surface area contributed by atoms with E-state index < -0.39 is 24.3 Å². The van der Waals surface area contributed by atoms with Gasteiger partial charge >= 0.3 is 12.1 Å². The van der Waals surface area contributed by atoms with E-state index in [2.05, 4.69) is 0 Å². The van der Waals surface area contributed by atoms with Crippen LogP contribution in [0.4, 0.5) is 13.2 Å². The third kappa shape index (κ3) is 5.58. The van der Waals surface area contributed by atoms with E-state index in [0.717, 1.165) is 38.6 Å². The van der Waals surface area contributed by atoms with Crippen LogP contribution in [0, 0.1) is 13.8 Å². The summed E-state index contributed by atoms with van der Waals surface area (Å²) in [5.41, 5.74) is 1.78. The van der Waals surface area contributed by atoms with Gasteiger partial charge in [0.25, 0.3) is 0 Å². The molecule has 0 aliphatic rings. The molecule has 1 atom stereocenters. The number of alkyl halides is 3. The van der Waals surface area contributed by atoms with Crippen molar-refractivity contribution in [3.8, 4) is 21.9 Å². The highest BCUT2D eigenvalue weighted by Crippen LogP contribution is 2.38. The molecule has 0 amide bonds. The van der Waals surface area contributed by atoms with Crippen LogP contribution in [0.25, 0.3) is 10.4 Å². The first-order valence-electron chi connectivity index (χ1n) is 9.44. The van der Waals surface area contributed by atoms with Gasteiger partial charge in [-0.2, -0.15) is 13.2 Å². The zero-order valence-electron chi connectivity index (χ0n) is 17.1. The van der Waals surface area contributed by atoms with Crippen molar-refractivity contribution in [1.29, 1.82) is 0 Å². The van der Waals surface area contributed by atoms with Crippen LogP contribution in [0.2, 0.25) is 0 Å². The second-order valence-corrected chi connectivity index (χ2v) is 8.19. The topological polar surface area (TPSA) is 55.8 Å². The Morgan fingerprint density at radius 2 is 1.74 bits per heavy atom. The minimum Gasteiger partial charge on any atom is -0.485 e. The monoisotopic (exact) mass is 450 g/mol. The Labute approximate surface area is 181 Å². The molecule has 1 aromatic heterocycles. The van der Waals surface area contributed by atoms with Gasteiger partial charge in [0.05, 0.1) is 5.56 Å². The Hall–Kier alpha value is -3.00. The number of hydrogen-bond acceptors (Lipinski definition) is 4. The Bertz CT molecular complexity index is 1070. The predicted molar refractivity (Wildman–Crippen MR) is 113 cm³/mol. The number of carbonyl (C=O) groups is 1. The smallest absolute Gasteiger partial charge is 0.416 e. The first kappa shape index (κ1) is 22.7. The number of ether oxygens (including phenoxy) is 2. The van der Waals surface area contributed by atoms with Gasteiger partial charge in [0.1, 0.15) is 17.6 Å². The summed E-state index contributed by atoms with van der Waals surface area (Å²) in [6, 6.07) is 12.2. The highest BCUT2D eigenvalue weighted by Gasteiger charge is 2.30. The number of aryl methyl sites for hydroxylation is 2. The van der Waals surface area contributed by atoms with Crippen molar-refractivity contribution in [2.24, 2.45) is 0 Å². The summed E-state index contributed by atoms with van der Waals surface area (Å²) in [5.74, 6) is 0.0289. The van der Waals surface area contributed by atoms with E-state index >= 15 is 0 Å². The van der Waals surface area contributed by atoms with Gasteiger partial charge in [-0.1, -0.05) is 12.1 Å². The lowest BCUT2D eigenvalue weighted by Crippen LogP contribution is -2.10. The van der Waals surface area contributed by atoms with Gasteiger partial charge < -0.3 is 14.6 Å². The molecule has 8 heteroatoms. The molecule has 0 aliphatic heterocycles. The Kier molecular flexibility index (Phi) is 6.59. The molecule has 3 rings (SSSR count). The first-order chi connectivity index (χ1) is 14.5. The van der Waals surface area contributed by atoms with Crippen molar-refractivity contribution in [3.63, 3.8) is 0 Å². The number of halogens is 3. The highest BCUT2D eigenvalue weighted by atomic mass is 32.1. The minimum atomic E-state index is -4.36. The van der Waals surface area contributed by atoms with Gasteiger partial charge in [0.15, 0.2) is 6.61 Å². The molecule has 1 heterocycles. The van der Waals surface area contributed by atoms with Gasteiger partial charge in [0, 0.05) is 9.75 Å². The van der Waals surface area contributed by atoms with E-state index in [4.69, 9.17) is 14.6 Å². The summed E-state index contributed by atoms with van der Waals surface area (Å²) in [6.07, 6.45) is -4.64. The molecule has 4 nitrogen and oxygen atoms in total. The Morgan fingerprint density at radius 3 is 2.32 bits per heavy atom. The molecule has 1 N–H and O–H groups in total. The maximum Gasteiger partial charge on any atom is 0.416 e. The summed E-state index contributed by atoms with van der Waals surface area (Å²) in [6.45, 7) is 5.22. The summed E-state index contributed by atoms with van der Waals surface area (Å²) >= 11 is 1.48. The van der Waals surface area contributed by atoms with E-state index in [1.807, 2.05) is 19.9 Å². The zero-order chi connectivity index (χ0) is 22.8. The maximum atomic E-state index is 12.8. The average molecular weight is 450 g/mol. The summed E-state index contributed by atoms with van der Waals surface area (Å²) in [7, 11) is 0. The van der Waals surface area contributed by atoms with E-state index in [0.29, 0.717) is 11.5 Å². The SMILES string of the molecule is Cc1cc(OC(C)c2sc(-c3ccc(C(F)(F)F)cc3)cc2C)ccc1OCC(=O)O. The number of hydrogen-bond donors (Lipinski definition) is 1. The van der Waals surface area contributed by atoms with Crippen molar-refractivity contribution in [3.05, 3.63) is 70.1 Å². The summed E-state index contributed by atoms with van der Waals surface area (Å²) < 4.78 is 49.6. The summed E-state index contributed by atoms with van der Waals surface area (Å²) in [4.78, 5) is 12.5. The third-order valence-corrected chi connectivity index (χ3v) is 6.08. The van der Waals surface area contributed by atoms with Crippen molar-refractivity contribution in [1.82, 2.24) is 0 Å². The van der Waals surface area contributed by atoms with Gasteiger partial charge in [-0.05, 0) is 73.9 Å².